The number of carboxylic acids is 1. The first kappa shape index (κ1) is 14.6. The van der Waals surface area contributed by atoms with Crippen molar-refractivity contribution in [3.63, 3.8) is 0 Å². The fourth-order valence-electron chi connectivity index (χ4n) is 1.82. The van der Waals surface area contributed by atoms with E-state index in [1.807, 2.05) is 31.2 Å². The standard InChI is InChI=1S/C14H14BrN3O2/c1-9(10-3-2-4-11(15)5-10)17-7-13-12(14(19)20)6-16-8-18-13/h2-6,8-9,17H,7H2,1H3,(H,19,20)/t9-/m0/s1. The zero-order valence-electron chi connectivity index (χ0n) is 10.9. The number of nitrogens with one attached hydrogen (secondary N) is 1. The lowest BCUT2D eigenvalue weighted by Gasteiger charge is -2.15. The molecule has 0 spiro atoms. The summed E-state index contributed by atoms with van der Waals surface area (Å²) in [7, 11) is 0. The average molecular weight is 336 g/mol. The van der Waals surface area contributed by atoms with E-state index in [1.54, 1.807) is 0 Å². The second kappa shape index (κ2) is 6.58. The highest BCUT2D eigenvalue weighted by molar-refractivity contribution is 9.10. The lowest BCUT2D eigenvalue weighted by molar-refractivity contribution is 0.0694. The zero-order chi connectivity index (χ0) is 14.5. The summed E-state index contributed by atoms with van der Waals surface area (Å²) >= 11 is 3.43. The molecule has 0 radical (unpaired) electrons. The Morgan fingerprint density at radius 3 is 3.00 bits per heavy atom. The summed E-state index contributed by atoms with van der Waals surface area (Å²) in [5.41, 5.74) is 1.72. The van der Waals surface area contributed by atoms with E-state index in [2.05, 4.69) is 31.2 Å². The van der Waals surface area contributed by atoms with Crippen molar-refractivity contribution >= 4 is 21.9 Å². The molecule has 6 heteroatoms. The highest BCUT2D eigenvalue weighted by atomic mass is 79.9. The minimum atomic E-state index is -1.02. The van der Waals surface area contributed by atoms with Crippen LogP contribution in [0, 0.1) is 0 Å². The second-order valence-electron chi connectivity index (χ2n) is 4.35. The highest BCUT2D eigenvalue weighted by Gasteiger charge is 2.12. The van der Waals surface area contributed by atoms with E-state index >= 15 is 0 Å². The van der Waals surface area contributed by atoms with Crippen LogP contribution in [0.4, 0.5) is 0 Å². The topological polar surface area (TPSA) is 75.1 Å². The van der Waals surface area contributed by atoms with Crippen molar-refractivity contribution in [1.29, 1.82) is 0 Å². The molecule has 20 heavy (non-hydrogen) atoms. The van der Waals surface area contributed by atoms with Crippen LogP contribution < -0.4 is 5.32 Å². The SMILES string of the molecule is C[C@H](NCc1ncncc1C(=O)O)c1cccc(Br)c1. The summed E-state index contributed by atoms with van der Waals surface area (Å²) in [5, 5.41) is 12.3. The van der Waals surface area contributed by atoms with Gasteiger partial charge in [-0.15, -0.1) is 0 Å². The van der Waals surface area contributed by atoms with Crippen LogP contribution in [0.3, 0.4) is 0 Å². The van der Waals surface area contributed by atoms with Gasteiger partial charge in [0.25, 0.3) is 0 Å². The first-order valence-corrected chi connectivity index (χ1v) is 6.88. The second-order valence-corrected chi connectivity index (χ2v) is 5.26. The average Bonchev–Trinajstić information content (AvgIpc) is 2.45. The Labute approximate surface area is 125 Å². The molecule has 0 aliphatic rings. The van der Waals surface area contributed by atoms with Gasteiger partial charge in [0.1, 0.15) is 11.9 Å². The Morgan fingerprint density at radius 2 is 2.30 bits per heavy atom. The molecule has 1 heterocycles. The van der Waals surface area contributed by atoms with Crippen molar-refractivity contribution in [2.45, 2.75) is 19.5 Å². The van der Waals surface area contributed by atoms with Gasteiger partial charge in [-0.25, -0.2) is 14.8 Å². The smallest absolute Gasteiger partial charge is 0.339 e. The van der Waals surface area contributed by atoms with Gasteiger partial charge in [0.05, 0.1) is 5.69 Å². The Balaban J connectivity index is 2.07. The third-order valence-electron chi connectivity index (χ3n) is 2.95. The lowest BCUT2D eigenvalue weighted by atomic mass is 10.1. The molecule has 0 aliphatic heterocycles. The maximum absolute atomic E-state index is 11.1. The number of halogens is 1. The van der Waals surface area contributed by atoms with Crippen molar-refractivity contribution < 1.29 is 9.90 Å². The van der Waals surface area contributed by atoms with Gasteiger partial charge >= 0.3 is 5.97 Å². The maximum atomic E-state index is 11.1. The molecule has 0 aliphatic carbocycles. The molecule has 0 bridgehead atoms. The van der Waals surface area contributed by atoms with E-state index in [0.29, 0.717) is 12.2 Å². The molecule has 0 unspecified atom stereocenters. The predicted molar refractivity (Wildman–Crippen MR) is 78.4 cm³/mol. The van der Waals surface area contributed by atoms with Crippen molar-refractivity contribution in [3.05, 3.63) is 58.1 Å². The number of carboxylic acid groups (broad SMARTS) is 1. The molecule has 2 rings (SSSR count). The van der Waals surface area contributed by atoms with Gasteiger partial charge < -0.3 is 10.4 Å². The number of hydrogen-bond donors (Lipinski definition) is 2. The van der Waals surface area contributed by atoms with Crippen molar-refractivity contribution in [2.75, 3.05) is 0 Å². The van der Waals surface area contributed by atoms with E-state index in [0.717, 1.165) is 10.0 Å². The van der Waals surface area contributed by atoms with Gasteiger partial charge in [-0.3, -0.25) is 0 Å². The molecule has 5 nitrogen and oxygen atoms in total. The van der Waals surface area contributed by atoms with Crippen molar-refractivity contribution in [2.24, 2.45) is 0 Å². The van der Waals surface area contributed by atoms with Crippen LogP contribution in [0.25, 0.3) is 0 Å². The summed E-state index contributed by atoms with van der Waals surface area (Å²) in [6, 6.07) is 8.05. The summed E-state index contributed by atoms with van der Waals surface area (Å²) in [6.45, 7) is 2.39. The quantitative estimate of drug-likeness (QED) is 0.878. The molecular formula is C14H14BrN3O2. The molecule has 1 aromatic heterocycles. The van der Waals surface area contributed by atoms with Gasteiger partial charge in [-0.05, 0) is 24.6 Å². The highest BCUT2D eigenvalue weighted by Crippen LogP contribution is 2.18. The Morgan fingerprint density at radius 1 is 1.50 bits per heavy atom. The van der Waals surface area contributed by atoms with Crippen LogP contribution in [-0.4, -0.2) is 21.0 Å². The first-order valence-electron chi connectivity index (χ1n) is 6.09. The third kappa shape index (κ3) is 3.61. The van der Waals surface area contributed by atoms with Crippen LogP contribution in [0.15, 0.2) is 41.3 Å². The predicted octanol–water partition coefficient (Wildman–Crippen LogP) is 2.79. The Hall–Kier alpha value is -1.79. The Kier molecular flexibility index (Phi) is 4.81. The normalized spacial score (nSPS) is 12.1. The van der Waals surface area contributed by atoms with Gasteiger partial charge in [0.2, 0.25) is 0 Å². The van der Waals surface area contributed by atoms with Crippen LogP contribution >= 0.6 is 15.9 Å². The van der Waals surface area contributed by atoms with Gasteiger partial charge in [-0.1, -0.05) is 28.1 Å². The summed E-state index contributed by atoms with van der Waals surface area (Å²) in [5.74, 6) is -1.02. The number of carbonyl (C=O) groups is 1. The number of aromatic carboxylic acids is 1. The molecule has 104 valence electrons. The molecule has 0 saturated heterocycles. The molecule has 1 aromatic carbocycles. The Bertz CT molecular complexity index is 619. The van der Waals surface area contributed by atoms with Crippen molar-refractivity contribution in [3.8, 4) is 0 Å². The number of nitrogens with zero attached hydrogens (tertiary/aromatic N) is 2. The van der Waals surface area contributed by atoms with Crippen LogP contribution in [0.1, 0.15) is 34.6 Å². The van der Waals surface area contributed by atoms with Crippen LogP contribution in [-0.2, 0) is 6.54 Å². The van der Waals surface area contributed by atoms with Gasteiger partial charge in [0, 0.05) is 23.3 Å². The van der Waals surface area contributed by atoms with E-state index < -0.39 is 5.97 Å². The molecule has 0 saturated carbocycles. The van der Waals surface area contributed by atoms with Gasteiger partial charge in [-0.2, -0.15) is 0 Å². The number of aromatic nitrogens is 2. The molecule has 0 fully saturated rings. The van der Waals surface area contributed by atoms with E-state index in [9.17, 15) is 4.79 Å². The first-order chi connectivity index (χ1) is 9.58. The number of rotatable bonds is 5. The van der Waals surface area contributed by atoms with E-state index in [-0.39, 0.29) is 11.6 Å². The van der Waals surface area contributed by atoms with Gasteiger partial charge in [0.15, 0.2) is 0 Å². The fraction of sp³-hybridized carbons (Fsp3) is 0.214. The summed E-state index contributed by atoms with van der Waals surface area (Å²) in [4.78, 5) is 18.8. The number of benzene rings is 1. The third-order valence-corrected chi connectivity index (χ3v) is 3.44. The molecule has 2 aromatic rings. The van der Waals surface area contributed by atoms with E-state index in [1.165, 1.54) is 12.5 Å². The van der Waals surface area contributed by atoms with Crippen molar-refractivity contribution in [1.82, 2.24) is 15.3 Å². The monoisotopic (exact) mass is 335 g/mol. The zero-order valence-corrected chi connectivity index (χ0v) is 12.5. The van der Waals surface area contributed by atoms with Crippen LogP contribution in [0.5, 0.6) is 0 Å². The molecule has 2 N–H and O–H groups in total. The molecular weight excluding hydrogens is 322 g/mol. The molecule has 1 atom stereocenters. The fourth-order valence-corrected chi connectivity index (χ4v) is 2.23. The number of hydrogen-bond acceptors (Lipinski definition) is 4. The summed E-state index contributed by atoms with van der Waals surface area (Å²) in [6.07, 6.45) is 2.67. The summed E-state index contributed by atoms with van der Waals surface area (Å²) < 4.78 is 1.01. The van der Waals surface area contributed by atoms with E-state index in [4.69, 9.17) is 5.11 Å². The minimum absolute atomic E-state index is 0.0871. The van der Waals surface area contributed by atoms with Crippen LogP contribution in [0.2, 0.25) is 0 Å². The largest absolute Gasteiger partial charge is 0.478 e. The molecule has 0 amide bonds. The lowest BCUT2D eigenvalue weighted by Crippen LogP contribution is -2.20. The maximum Gasteiger partial charge on any atom is 0.339 e. The minimum Gasteiger partial charge on any atom is -0.478 e.